The highest BCUT2D eigenvalue weighted by Crippen LogP contribution is 2.31. The molecule has 146 valence electrons. The van der Waals surface area contributed by atoms with Crippen LogP contribution in [0.2, 0.25) is 5.02 Å². The van der Waals surface area contributed by atoms with E-state index in [1.165, 1.54) is 0 Å². The second-order valence-electron chi connectivity index (χ2n) is 6.17. The number of nitrogens with zero attached hydrogens (tertiary/aromatic N) is 2. The molecule has 2 heterocycles. The quantitative estimate of drug-likeness (QED) is 0.521. The van der Waals surface area contributed by atoms with Gasteiger partial charge < -0.3 is 19.3 Å². The highest BCUT2D eigenvalue weighted by atomic mass is 35.5. The fraction of sp³-hybridized carbons (Fsp3) is 0.238. The number of aromatic nitrogens is 2. The monoisotopic (exact) mass is 399 g/mol. The van der Waals surface area contributed by atoms with E-state index in [2.05, 4.69) is 15.5 Å². The van der Waals surface area contributed by atoms with Crippen LogP contribution in [0.1, 0.15) is 25.2 Å². The molecule has 0 unspecified atom stereocenters. The Kier molecular flexibility index (Phi) is 6.55. The molecule has 0 saturated carbocycles. The molecule has 6 nitrogen and oxygen atoms in total. The summed E-state index contributed by atoms with van der Waals surface area (Å²) in [5.74, 6) is 3.18. The van der Waals surface area contributed by atoms with E-state index in [0.717, 1.165) is 11.3 Å². The normalized spacial score (nSPS) is 12.1. The molecule has 0 amide bonds. The Morgan fingerprint density at radius 2 is 2.11 bits per heavy atom. The first-order chi connectivity index (χ1) is 13.5. The molecule has 0 aliphatic heterocycles. The zero-order valence-electron chi connectivity index (χ0n) is 16.0. The van der Waals surface area contributed by atoms with Gasteiger partial charge in [0.05, 0.1) is 11.6 Å². The van der Waals surface area contributed by atoms with Crippen LogP contribution in [0.15, 0.2) is 53.2 Å². The number of hydrogen-bond donors (Lipinski definition) is 1. The average molecular weight is 400 g/mol. The first kappa shape index (κ1) is 19.8. The van der Waals surface area contributed by atoms with Crippen LogP contribution in [-0.4, -0.2) is 22.8 Å². The maximum absolute atomic E-state index is 6.24. The van der Waals surface area contributed by atoms with Crippen molar-refractivity contribution in [2.75, 3.05) is 11.9 Å². The molecule has 3 aromatic rings. The van der Waals surface area contributed by atoms with Gasteiger partial charge in [-0.05, 0) is 44.5 Å². The predicted molar refractivity (Wildman–Crippen MR) is 110 cm³/mol. The van der Waals surface area contributed by atoms with E-state index in [9.17, 15) is 0 Å². The first-order valence-electron chi connectivity index (χ1n) is 8.98. The Hall–Kier alpha value is -2.99. The zero-order chi connectivity index (χ0) is 19.9. The number of aryl methyl sites for hydroxylation is 1. The molecule has 0 fully saturated rings. The number of benzene rings is 1. The molecule has 2 aromatic heterocycles. The number of nitrogens with one attached hydrogen (secondary N) is 1. The highest BCUT2D eigenvalue weighted by molar-refractivity contribution is 6.32. The Morgan fingerprint density at radius 3 is 2.75 bits per heavy atom. The van der Waals surface area contributed by atoms with E-state index < -0.39 is 0 Å². The van der Waals surface area contributed by atoms with Crippen LogP contribution < -0.4 is 14.8 Å². The lowest BCUT2D eigenvalue weighted by atomic mass is 10.2. The van der Waals surface area contributed by atoms with Gasteiger partial charge in [0, 0.05) is 30.4 Å². The van der Waals surface area contributed by atoms with Crippen molar-refractivity contribution in [1.82, 2.24) is 10.1 Å². The predicted octanol–water partition coefficient (Wildman–Crippen LogP) is 5.74. The summed E-state index contributed by atoms with van der Waals surface area (Å²) in [6, 6.07) is 11.0. The van der Waals surface area contributed by atoms with E-state index in [4.69, 9.17) is 25.6 Å². The summed E-state index contributed by atoms with van der Waals surface area (Å²) in [6.45, 7) is 6.39. The van der Waals surface area contributed by atoms with E-state index in [1.807, 2.05) is 51.1 Å². The molecule has 1 aromatic carbocycles. The molecule has 3 rings (SSSR count). The van der Waals surface area contributed by atoms with Crippen molar-refractivity contribution in [2.24, 2.45) is 0 Å². The summed E-state index contributed by atoms with van der Waals surface area (Å²) in [7, 11) is 0. The molecule has 0 radical (unpaired) electrons. The van der Waals surface area contributed by atoms with Crippen molar-refractivity contribution >= 4 is 23.5 Å². The highest BCUT2D eigenvalue weighted by Gasteiger charge is 2.06. The van der Waals surface area contributed by atoms with E-state index >= 15 is 0 Å². The Morgan fingerprint density at radius 1 is 1.25 bits per heavy atom. The maximum atomic E-state index is 6.24. The number of ether oxygens (including phenoxy) is 2. The molecular formula is C21H22ClN3O3. The SMILES string of the molecule is CCOc1ccc(Oc2ccc(/C=C/[C@H](C)Nc3cc(C)on3)cn2)c(Cl)c1. The van der Waals surface area contributed by atoms with Gasteiger partial charge >= 0.3 is 0 Å². The number of hydrogen-bond acceptors (Lipinski definition) is 6. The number of halogens is 1. The van der Waals surface area contributed by atoms with Crippen molar-refractivity contribution in [3.63, 3.8) is 0 Å². The van der Waals surface area contributed by atoms with Crippen LogP contribution in [0.4, 0.5) is 5.82 Å². The van der Waals surface area contributed by atoms with Gasteiger partial charge in [-0.1, -0.05) is 28.9 Å². The third-order valence-corrected chi connectivity index (χ3v) is 4.06. The van der Waals surface area contributed by atoms with Crippen molar-refractivity contribution in [2.45, 2.75) is 26.8 Å². The van der Waals surface area contributed by atoms with Crippen LogP contribution in [0.3, 0.4) is 0 Å². The van der Waals surface area contributed by atoms with Crippen LogP contribution >= 0.6 is 11.6 Å². The van der Waals surface area contributed by atoms with Gasteiger partial charge in [-0.2, -0.15) is 0 Å². The van der Waals surface area contributed by atoms with Crippen molar-refractivity contribution in [3.05, 3.63) is 65.0 Å². The van der Waals surface area contributed by atoms with Gasteiger partial charge in [0.2, 0.25) is 5.88 Å². The third-order valence-electron chi connectivity index (χ3n) is 3.77. The third kappa shape index (κ3) is 5.50. The number of rotatable bonds is 8. The minimum absolute atomic E-state index is 0.0862. The van der Waals surface area contributed by atoms with Gasteiger partial charge in [0.1, 0.15) is 17.3 Å². The summed E-state index contributed by atoms with van der Waals surface area (Å²) < 4.78 is 16.2. The van der Waals surface area contributed by atoms with E-state index in [-0.39, 0.29) is 6.04 Å². The van der Waals surface area contributed by atoms with Gasteiger partial charge in [-0.15, -0.1) is 0 Å². The molecule has 0 saturated heterocycles. The van der Waals surface area contributed by atoms with Gasteiger partial charge in [-0.25, -0.2) is 4.98 Å². The summed E-state index contributed by atoms with van der Waals surface area (Å²) in [5.41, 5.74) is 0.954. The second kappa shape index (κ2) is 9.28. The fourth-order valence-corrected chi connectivity index (χ4v) is 2.66. The summed E-state index contributed by atoms with van der Waals surface area (Å²) in [4.78, 5) is 4.33. The molecule has 0 aliphatic rings. The minimum Gasteiger partial charge on any atom is -0.494 e. The maximum Gasteiger partial charge on any atom is 0.219 e. The average Bonchev–Trinajstić information content (AvgIpc) is 3.08. The van der Waals surface area contributed by atoms with Crippen molar-refractivity contribution in [3.8, 4) is 17.4 Å². The Balaban J connectivity index is 1.58. The molecule has 0 aliphatic carbocycles. The summed E-state index contributed by atoms with van der Waals surface area (Å²) >= 11 is 6.24. The number of anilines is 1. The second-order valence-corrected chi connectivity index (χ2v) is 6.58. The van der Waals surface area contributed by atoms with Crippen LogP contribution in [0.25, 0.3) is 6.08 Å². The minimum atomic E-state index is 0.0862. The molecule has 0 bridgehead atoms. The molecule has 1 N–H and O–H groups in total. The standard InChI is InChI=1S/C21H22ClN3O3/c1-4-26-17-8-9-19(18(22)12-17)27-21-10-7-16(13-23-21)6-5-14(2)24-20-11-15(3)28-25-20/h5-14H,4H2,1-3H3,(H,24,25)/b6-5+/t14-/m0/s1. The molecule has 1 atom stereocenters. The summed E-state index contributed by atoms with van der Waals surface area (Å²) in [6.07, 6.45) is 5.73. The van der Waals surface area contributed by atoms with Crippen LogP contribution in [0, 0.1) is 6.92 Å². The molecular weight excluding hydrogens is 378 g/mol. The van der Waals surface area contributed by atoms with Crippen molar-refractivity contribution < 1.29 is 14.0 Å². The molecule has 28 heavy (non-hydrogen) atoms. The van der Waals surface area contributed by atoms with Crippen molar-refractivity contribution in [1.29, 1.82) is 0 Å². The topological polar surface area (TPSA) is 69.4 Å². The fourth-order valence-electron chi connectivity index (χ4n) is 2.46. The lowest BCUT2D eigenvalue weighted by Gasteiger charge is -2.09. The largest absolute Gasteiger partial charge is 0.494 e. The van der Waals surface area contributed by atoms with E-state index in [1.54, 1.807) is 24.4 Å². The molecule has 7 heteroatoms. The summed E-state index contributed by atoms with van der Waals surface area (Å²) in [5, 5.41) is 7.62. The van der Waals surface area contributed by atoms with Gasteiger partial charge in [0.25, 0.3) is 0 Å². The zero-order valence-corrected chi connectivity index (χ0v) is 16.7. The number of pyridine rings is 1. The molecule has 0 spiro atoms. The Labute approximate surface area is 169 Å². The lowest BCUT2D eigenvalue weighted by Crippen LogP contribution is -2.11. The van der Waals surface area contributed by atoms with Crippen LogP contribution in [0.5, 0.6) is 17.4 Å². The Bertz CT molecular complexity index is 938. The van der Waals surface area contributed by atoms with Gasteiger partial charge in [0.15, 0.2) is 5.82 Å². The lowest BCUT2D eigenvalue weighted by molar-refractivity contribution is 0.339. The van der Waals surface area contributed by atoms with Gasteiger partial charge in [-0.3, -0.25) is 0 Å². The van der Waals surface area contributed by atoms with E-state index in [0.29, 0.717) is 34.8 Å². The van der Waals surface area contributed by atoms with Crippen LogP contribution in [-0.2, 0) is 0 Å². The first-order valence-corrected chi connectivity index (χ1v) is 9.35. The smallest absolute Gasteiger partial charge is 0.219 e.